The van der Waals surface area contributed by atoms with Crippen molar-refractivity contribution in [3.63, 3.8) is 0 Å². The van der Waals surface area contributed by atoms with Crippen molar-refractivity contribution in [1.82, 2.24) is 0 Å². The highest BCUT2D eigenvalue weighted by Gasteiger charge is 2.23. The first kappa shape index (κ1) is 18.3. The van der Waals surface area contributed by atoms with Gasteiger partial charge in [-0.3, -0.25) is 9.59 Å². The van der Waals surface area contributed by atoms with Crippen LogP contribution in [0.1, 0.15) is 6.92 Å². The average molecular weight is 361 g/mol. The summed E-state index contributed by atoms with van der Waals surface area (Å²) in [5, 5.41) is 19.6. The molecule has 0 aliphatic carbocycles. The number of para-hydroxylation sites is 1. The second-order valence-electron chi connectivity index (χ2n) is 5.01. The van der Waals surface area contributed by atoms with Crippen molar-refractivity contribution in [3.8, 4) is 5.75 Å². The maximum Gasteiger partial charge on any atom is 0.258 e. The molecule has 0 aliphatic heterocycles. The Morgan fingerprint density at radius 1 is 1.12 bits per heavy atom. The van der Waals surface area contributed by atoms with E-state index in [1.165, 1.54) is 13.0 Å². The number of carbonyl (C=O) groups is 2. The zero-order valence-electron chi connectivity index (χ0n) is 13.1. The van der Waals surface area contributed by atoms with Crippen LogP contribution in [0.3, 0.4) is 0 Å². The lowest BCUT2D eigenvalue weighted by Crippen LogP contribution is -2.31. The molecule has 0 spiro atoms. The van der Waals surface area contributed by atoms with Gasteiger partial charge < -0.3 is 10.4 Å². The number of carbonyl (C=O) groups excluding carboxylic acids is 2. The van der Waals surface area contributed by atoms with Crippen molar-refractivity contribution >= 4 is 33.8 Å². The van der Waals surface area contributed by atoms with E-state index in [4.69, 9.17) is 0 Å². The van der Waals surface area contributed by atoms with Crippen LogP contribution in [0.15, 0.2) is 63.7 Å². The fourth-order valence-corrected chi connectivity index (χ4v) is 2.30. The van der Waals surface area contributed by atoms with Crippen molar-refractivity contribution < 1.29 is 23.1 Å². The molecule has 2 aromatic carbocycles. The molecule has 0 fully saturated rings. The predicted octanol–water partition coefficient (Wildman–Crippen LogP) is 2.04. The number of phenolic OH excluding ortho intramolecular Hbond substituents is 1. The third kappa shape index (κ3) is 4.95. The molecule has 8 nitrogen and oxygen atoms in total. The molecule has 0 radical (unpaired) electrons. The van der Waals surface area contributed by atoms with E-state index >= 15 is 0 Å². The van der Waals surface area contributed by atoms with Crippen molar-refractivity contribution in [2.45, 2.75) is 17.9 Å². The standard InChI is InChI=1S/C16H15N3O5S/c1-10(20)15(16(22)17-11-5-3-2-4-6-11)19-18-13-9-12(25(23)24)7-8-14(13)21/h2-9,15,21,25H,1H3,(H,17,22). The highest BCUT2D eigenvalue weighted by molar-refractivity contribution is 7.72. The lowest BCUT2D eigenvalue weighted by molar-refractivity contribution is -0.126. The minimum atomic E-state index is -2.87. The molecule has 9 heteroatoms. The molecule has 25 heavy (non-hydrogen) atoms. The number of azo groups is 1. The van der Waals surface area contributed by atoms with Crippen LogP contribution >= 0.6 is 0 Å². The van der Waals surface area contributed by atoms with E-state index in [0.717, 1.165) is 12.1 Å². The Hall–Kier alpha value is -3.07. The largest absolute Gasteiger partial charge is 0.506 e. The number of rotatable bonds is 6. The van der Waals surface area contributed by atoms with Crippen LogP contribution in [0.2, 0.25) is 0 Å². The quantitative estimate of drug-likeness (QED) is 0.412. The summed E-state index contributed by atoms with van der Waals surface area (Å²) in [6, 6.07) is 10.5. The van der Waals surface area contributed by atoms with Gasteiger partial charge in [0, 0.05) is 5.69 Å². The summed E-state index contributed by atoms with van der Waals surface area (Å²) < 4.78 is 22.0. The number of phenols is 1. The number of benzene rings is 2. The van der Waals surface area contributed by atoms with Gasteiger partial charge in [-0.05, 0) is 37.3 Å². The fraction of sp³-hybridized carbons (Fsp3) is 0.125. The van der Waals surface area contributed by atoms with Gasteiger partial charge in [0.1, 0.15) is 11.4 Å². The van der Waals surface area contributed by atoms with Gasteiger partial charge in [0.25, 0.3) is 5.91 Å². The molecule has 0 saturated heterocycles. The molecule has 1 atom stereocenters. The molecule has 0 aromatic heterocycles. The molecule has 0 aliphatic rings. The van der Waals surface area contributed by atoms with E-state index in [2.05, 4.69) is 15.5 Å². The second-order valence-corrected chi connectivity index (χ2v) is 6.04. The number of amides is 1. The molecule has 1 amide bonds. The topological polar surface area (TPSA) is 125 Å². The maximum atomic E-state index is 12.2. The molecule has 0 heterocycles. The third-order valence-electron chi connectivity index (χ3n) is 3.13. The van der Waals surface area contributed by atoms with Crippen molar-refractivity contribution in [2.24, 2.45) is 10.2 Å². The number of ketones is 1. The molecule has 2 rings (SSSR count). The van der Waals surface area contributed by atoms with Crippen molar-refractivity contribution in [3.05, 3.63) is 48.5 Å². The molecule has 130 valence electrons. The third-order valence-corrected chi connectivity index (χ3v) is 3.83. The number of nitrogens with one attached hydrogen (secondary N) is 1. The maximum absolute atomic E-state index is 12.2. The summed E-state index contributed by atoms with van der Waals surface area (Å²) in [7, 11) is -2.87. The summed E-state index contributed by atoms with van der Waals surface area (Å²) in [4.78, 5) is 23.8. The molecule has 0 saturated carbocycles. The van der Waals surface area contributed by atoms with Gasteiger partial charge in [-0.15, -0.1) is 0 Å². The minimum absolute atomic E-state index is 0.0742. The second kappa shape index (κ2) is 8.15. The highest BCUT2D eigenvalue weighted by atomic mass is 32.2. The first-order valence-corrected chi connectivity index (χ1v) is 8.31. The zero-order valence-corrected chi connectivity index (χ0v) is 14.0. The summed E-state index contributed by atoms with van der Waals surface area (Å²) >= 11 is 0. The molecule has 1 unspecified atom stereocenters. The Kier molecular flexibility index (Phi) is 5.96. The van der Waals surface area contributed by atoms with Crippen molar-refractivity contribution in [2.75, 3.05) is 5.32 Å². The lowest BCUT2D eigenvalue weighted by Gasteiger charge is -2.09. The Morgan fingerprint density at radius 2 is 1.80 bits per heavy atom. The lowest BCUT2D eigenvalue weighted by atomic mass is 10.2. The van der Waals surface area contributed by atoms with Crippen molar-refractivity contribution in [1.29, 1.82) is 0 Å². The van der Waals surface area contributed by atoms with E-state index in [1.54, 1.807) is 30.3 Å². The monoisotopic (exact) mass is 361 g/mol. The van der Waals surface area contributed by atoms with E-state index in [1.807, 2.05) is 0 Å². The van der Waals surface area contributed by atoms with Crippen LogP contribution < -0.4 is 5.32 Å². The van der Waals surface area contributed by atoms with Gasteiger partial charge in [-0.25, -0.2) is 8.42 Å². The SMILES string of the molecule is CC(=O)C(N=Nc1cc([SH](=O)=O)ccc1O)C(=O)Nc1ccccc1. The number of thiol groups is 1. The summed E-state index contributed by atoms with van der Waals surface area (Å²) in [6.07, 6.45) is 0. The first-order valence-electron chi connectivity index (χ1n) is 7.13. The fourth-order valence-electron chi connectivity index (χ4n) is 1.88. The number of hydrogen-bond donors (Lipinski definition) is 3. The van der Waals surface area contributed by atoms with E-state index in [9.17, 15) is 23.1 Å². The zero-order chi connectivity index (χ0) is 18.4. The van der Waals surface area contributed by atoms with Gasteiger partial charge in [0.2, 0.25) is 6.04 Å². The molecular formula is C16H15N3O5S. The summed E-state index contributed by atoms with van der Waals surface area (Å²) in [6.45, 7) is 1.18. The summed E-state index contributed by atoms with van der Waals surface area (Å²) in [5.41, 5.74) is 0.331. The first-order chi connectivity index (χ1) is 11.9. The molecule has 0 bridgehead atoms. The van der Waals surface area contributed by atoms with Crippen LogP contribution in [-0.4, -0.2) is 31.3 Å². The average Bonchev–Trinajstić information content (AvgIpc) is 2.57. The van der Waals surface area contributed by atoms with Crippen LogP contribution in [0.5, 0.6) is 5.75 Å². The van der Waals surface area contributed by atoms with Crippen LogP contribution in [-0.2, 0) is 20.3 Å². The van der Waals surface area contributed by atoms with E-state index in [0.29, 0.717) is 5.69 Å². The van der Waals surface area contributed by atoms with Crippen LogP contribution in [0.4, 0.5) is 11.4 Å². The number of anilines is 1. The summed E-state index contributed by atoms with van der Waals surface area (Å²) in [5.74, 6) is -1.56. The highest BCUT2D eigenvalue weighted by Crippen LogP contribution is 2.28. The minimum Gasteiger partial charge on any atom is -0.506 e. The predicted molar refractivity (Wildman–Crippen MR) is 90.7 cm³/mol. The molecule has 2 aromatic rings. The van der Waals surface area contributed by atoms with Crippen LogP contribution in [0.25, 0.3) is 0 Å². The number of aromatic hydroxyl groups is 1. The van der Waals surface area contributed by atoms with Gasteiger partial charge in [0.15, 0.2) is 16.5 Å². The smallest absolute Gasteiger partial charge is 0.258 e. The van der Waals surface area contributed by atoms with Gasteiger partial charge >= 0.3 is 0 Å². The number of nitrogens with zero attached hydrogens (tertiary/aromatic N) is 2. The Balaban J connectivity index is 2.24. The van der Waals surface area contributed by atoms with Gasteiger partial charge in [-0.2, -0.15) is 10.2 Å². The van der Waals surface area contributed by atoms with Gasteiger partial charge in [-0.1, -0.05) is 18.2 Å². The Bertz CT molecular complexity index is 886. The Morgan fingerprint density at radius 3 is 2.40 bits per heavy atom. The van der Waals surface area contributed by atoms with Crippen LogP contribution in [0, 0.1) is 0 Å². The van der Waals surface area contributed by atoms with E-state index in [-0.39, 0.29) is 16.3 Å². The van der Waals surface area contributed by atoms with Gasteiger partial charge in [0.05, 0.1) is 4.90 Å². The molecular weight excluding hydrogens is 346 g/mol. The number of hydrogen-bond acceptors (Lipinski definition) is 7. The molecule has 2 N–H and O–H groups in total. The van der Waals surface area contributed by atoms with E-state index < -0.39 is 28.4 Å². The Labute approximate surface area is 145 Å². The number of Topliss-reactive ketones (excluding diaryl/α,β-unsaturated/α-hetero) is 1. The normalized spacial score (nSPS) is 12.2.